The smallest absolute Gasteiger partial charge is 0.368 e. The van der Waals surface area contributed by atoms with Crippen LogP contribution >= 0.6 is 0 Å². The van der Waals surface area contributed by atoms with Crippen LogP contribution in [0.25, 0.3) is 5.65 Å². The number of carbonyl (C=O) groups excluding carboxylic acids is 5. The summed E-state index contributed by atoms with van der Waals surface area (Å²) in [6, 6.07) is 16.1. The molecule has 0 unspecified atom stereocenters. The molecule has 5 aromatic rings. The van der Waals surface area contributed by atoms with Crippen molar-refractivity contribution in [3.63, 3.8) is 0 Å². The number of nitrogens with zero attached hydrogens (tertiary/aromatic N) is 7. The van der Waals surface area contributed by atoms with Crippen molar-refractivity contribution >= 4 is 46.7 Å². The van der Waals surface area contributed by atoms with Crippen LogP contribution in [-0.2, 0) is 17.5 Å². The molecular weight excluding hydrogens is 743 g/mol. The minimum Gasteiger partial charge on any atom is -0.368 e. The summed E-state index contributed by atoms with van der Waals surface area (Å²) in [7, 11) is 0. The highest BCUT2D eigenvalue weighted by molar-refractivity contribution is 6.22. The molecule has 3 aromatic carbocycles. The van der Waals surface area contributed by atoms with Gasteiger partial charge in [-0.15, -0.1) is 0 Å². The highest BCUT2D eigenvalue weighted by atomic mass is 19.4. The largest absolute Gasteiger partial charge is 0.418 e. The van der Waals surface area contributed by atoms with E-state index in [0.29, 0.717) is 42.1 Å². The van der Waals surface area contributed by atoms with E-state index < -0.39 is 41.4 Å². The summed E-state index contributed by atoms with van der Waals surface area (Å²) in [4.78, 5) is 71.4. The normalized spacial score (nSPS) is 16.1. The van der Waals surface area contributed by atoms with Crippen LogP contribution in [0.1, 0.15) is 65.4 Å². The van der Waals surface area contributed by atoms with Crippen LogP contribution in [0.5, 0.6) is 0 Å². The molecule has 0 atom stereocenters. The zero-order chi connectivity index (χ0) is 40.0. The Morgan fingerprint density at radius 2 is 1.68 bits per heavy atom. The van der Waals surface area contributed by atoms with Gasteiger partial charge in [-0.2, -0.15) is 23.3 Å². The van der Waals surface area contributed by atoms with Gasteiger partial charge in [0.15, 0.2) is 5.65 Å². The van der Waals surface area contributed by atoms with Crippen molar-refractivity contribution in [3.05, 3.63) is 124 Å². The van der Waals surface area contributed by atoms with Gasteiger partial charge in [0.1, 0.15) is 5.69 Å². The van der Waals surface area contributed by atoms with E-state index in [0.717, 1.165) is 21.6 Å². The molecule has 0 radical (unpaired) electrons. The third-order valence-corrected chi connectivity index (χ3v) is 9.98. The van der Waals surface area contributed by atoms with Crippen LogP contribution in [0, 0.1) is 18.8 Å². The van der Waals surface area contributed by atoms with Crippen molar-refractivity contribution in [2.24, 2.45) is 0 Å². The first-order chi connectivity index (χ1) is 27.3. The lowest BCUT2D eigenvalue weighted by Crippen LogP contribution is -2.58. The average molecular weight is 776 g/mol. The van der Waals surface area contributed by atoms with Crippen molar-refractivity contribution in [2.75, 3.05) is 42.9 Å². The molecule has 0 spiro atoms. The number of rotatable bonds is 6. The molecule has 288 valence electrons. The van der Waals surface area contributed by atoms with Gasteiger partial charge >= 0.3 is 12.2 Å². The predicted octanol–water partition coefficient (Wildman–Crippen LogP) is 4.48. The Bertz CT molecular complexity index is 2570. The van der Waals surface area contributed by atoms with Crippen molar-refractivity contribution in [1.82, 2.24) is 34.8 Å². The number of halogens is 3. The van der Waals surface area contributed by atoms with Gasteiger partial charge in [0.2, 0.25) is 5.91 Å². The Morgan fingerprint density at radius 1 is 0.895 bits per heavy atom. The van der Waals surface area contributed by atoms with E-state index >= 15 is 0 Å². The standard InChI is InChI=1S/C40H32F3N9O5/c1-24-4-6-27(20-26(24)7-9-29-22-44-34-3-2-13-45-51(29)34)36(54)46-28-8-11-33(32(21-28)40(41,42)43)49-17-15-48(16-18-49)23-25-5-10-30-31(19-25)38(56)52(37(30)55)50-14-12-35(53)47-39(50)57/h2-6,8,10-11,13,19-22H,12,14-18,23H2,1H3,(H,46,54)(H,47,53,57). The van der Waals surface area contributed by atoms with E-state index in [-0.39, 0.29) is 54.1 Å². The number of aromatic nitrogens is 3. The van der Waals surface area contributed by atoms with E-state index in [1.807, 2.05) is 11.8 Å². The molecule has 2 aromatic heterocycles. The first-order valence-corrected chi connectivity index (χ1v) is 17.9. The molecule has 2 saturated heterocycles. The third kappa shape index (κ3) is 7.25. The summed E-state index contributed by atoms with van der Waals surface area (Å²) in [5.41, 5.74) is 2.81. The van der Waals surface area contributed by atoms with E-state index in [4.69, 9.17) is 0 Å². The molecule has 2 N–H and O–H groups in total. The number of hydrazine groups is 1. The molecule has 3 aliphatic rings. The second-order valence-corrected chi connectivity index (χ2v) is 13.7. The molecule has 0 saturated carbocycles. The van der Waals surface area contributed by atoms with E-state index in [1.54, 1.807) is 64.3 Å². The topological polar surface area (TPSA) is 153 Å². The fourth-order valence-corrected chi connectivity index (χ4v) is 7.01. The van der Waals surface area contributed by atoms with Gasteiger partial charge in [-0.05, 0) is 78.6 Å². The van der Waals surface area contributed by atoms with Crippen LogP contribution < -0.4 is 15.5 Å². The molecule has 57 heavy (non-hydrogen) atoms. The fourth-order valence-electron chi connectivity index (χ4n) is 7.01. The molecule has 3 aliphatic heterocycles. The number of imidazole rings is 1. The number of aryl methyl sites for hydroxylation is 1. The number of amides is 6. The Morgan fingerprint density at radius 3 is 2.46 bits per heavy atom. The van der Waals surface area contributed by atoms with Crippen molar-refractivity contribution < 1.29 is 37.1 Å². The van der Waals surface area contributed by atoms with Crippen LogP contribution in [0.2, 0.25) is 0 Å². The molecule has 0 bridgehead atoms. The zero-order valence-corrected chi connectivity index (χ0v) is 30.3. The number of hydrogen-bond donors (Lipinski definition) is 2. The molecule has 8 rings (SSSR count). The number of nitrogens with one attached hydrogen (secondary N) is 2. The van der Waals surface area contributed by atoms with Gasteiger partial charge in [-0.1, -0.05) is 18.1 Å². The van der Waals surface area contributed by atoms with Crippen LogP contribution in [0.4, 0.5) is 29.3 Å². The number of alkyl halides is 3. The maximum Gasteiger partial charge on any atom is 0.418 e. The molecule has 14 nitrogen and oxygen atoms in total. The summed E-state index contributed by atoms with van der Waals surface area (Å²) in [5.74, 6) is 3.62. The summed E-state index contributed by atoms with van der Waals surface area (Å²) >= 11 is 0. The Balaban J connectivity index is 0.921. The first-order valence-electron chi connectivity index (χ1n) is 17.9. The van der Waals surface area contributed by atoms with Crippen molar-refractivity contribution in [3.8, 4) is 11.8 Å². The third-order valence-electron chi connectivity index (χ3n) is 9.98. The maximum atomic E-state index is 14.5. The molecule has 0 aliphatic carbocycles. The van der Waals surface area contributed by atoms with E-state index in [9.17, 15) is 37.1 Å². The number of piperazine rings is 1. The molecule has 17 heteroatoms. The molecule has 2 fully saturated rings. The van der Waals surface area contributed by atoms with Crippen LogP contribution in [0.3, 0.4) is 0 Å². The van der Waals surface area contributed by atoms with E-state index in [2.05, 4.69) is 32.6 Å². The Labute approximate surface area is 322 Å². The zero-order valence-electron chi connectivity index (χ0n) is 30.3. The quantitative estimate of drug-likeness (QED) is 0.188. The minimum atomic E-state index is -4.71. The molecular formula is C40H32F3N9O5. The number of imide groups is 2. The first kappa shape index (κ1) is 36.9. The number of hydrogen-bond acceptors (Lipinski definition) is 9. The lowest BCUT2D eigenvalue weighted by Gasteiger charge is -2.37. The van der Waals surface area contributed by atoms with E-state index in [1.165, 1.54) is 18.2 Å². The number of fused-ring (bicyclic) bond motifs is 2. The van der Waals surface area contributed by atoms with Crippen molar-refractivity contribution in [2.45, 2.75) is 26.1 Å². The summed E-state index contributed by atoms with van der Waals surface area (Å²) in [6.45, 7) is 3.43. The van der Waals surface area contributed by atoms with Gasteiger partial charge < -0.3 is 10.2 Å². The Kier molecular flexibility index (Phi) is 9.41. The predicted molar refractivity (Wildman–Crippen MR) is 199 cm³/mol. The fraction of sp³-hybridized carbons (Fsp3) is 0.225. The van der Waals surface area contributed by atoms with Crippen molar-refractivity contribution in [1.29, 1.82) is 0 Å². The van der Waals surface area contributed by atoms with Crippen LogP contribution in [-0.4, -0.2) is 91.9 Å². The summed E-state index contributed by atoms with van der Waals surface area (Å²) < 4.78 is 45.0. The second kappa shape index (κ2) is 14.5. The second-order valence-electron chi connectivity index (χ2n) is 13.7. The monoisotopic (exact) mass is 775 g/mol. The average Bonchev–Trinajstić information content (AvgIpc) is 3.71. The highest BCUT2D eigenvalue weighted by Gasteiger charge is 2.43. The number of benzene rings is 3. The van der Waals surface area contributed by atoms with Crippen LogP contribution in [0.15, 0.2) is 79.1 Å². The number of anilines is 2. The number of carbonyl (C=O) groups is 5. The lowest BCUT2D eigenvalue weighted by atomic mass is 10.0. The summed E-state index contributed by atoms with van der Waals surface area (Å²) in [5, 5.41) is 10.6. The highest BCUT2D eigenvalue weighted by Crippen LogP contribution is 2.39. The molecule has 6 amide bonds. The SMILES string of the molecule is Cc1ccc(C(=O)Nc2ccc(N3CCN(Cc4ccc5c(c4)C(=O)N(N4CCC(=O)NC4=O)C5=O)CC3)c(C(F)(F)F)c2)cc1C#Cc1cnc2cccnn12. The summed E-state index contributed by atoms with van der Waals surface area (Å²) in [6.07, 6.45) is -1.56. The number of urea groups is 1. The van der Waals surface area contributed by atoms with Gasteiger partial charge in [0.25, 0.3) is 17.7 Å². The van der Waals surface area contributed by atoms with Gasteiger partial charge in [0.05, 0.1) is 29.4 Å². The van der Waals surface area contributed by atoms with Gasteiger partial charge in [-0.25, -0.2) is 19.3 Å². The maximum absolute atomic E-state index is 14.5. The minimum absolute atomic E-state index is 0.0138. The molecule has 5 heterocycles. The van der Waals surface area contributed by atoms with Gasteiger partial charge in [-0.3, -0.25) is 29.4 Å². The van der Waals surface area contributed by atoms with Gasteiger partial charge in [0, 0.05) is 67.8 Å². The Hall–Kier alpha value is -7.06. The lowest BCUT2D eigenvalue weighted by molar-refractivity contribution is -0.137.